The van der Waals surface area contributed by atoms with Gasteiger partial charge in [0.1, 0.15) is 5.65 Å². The van der Waals surface area contributed by atoms with E-state index in [1.807, 2.05) is 65.3 Å². The summed E-state index contributed by atoms with van der Waals surface area (Å²) >= 11 is 5.10. The third kappa shape index (κ3) is 3.45. The molecule has 0 saturated carbocycles. The molecule has 3 heterocycles. The summed E-state index contributed by atoms with van der Waals surface area (Å²) in [6.07, 6.45) is 5.91. The Bertz CT molecular complexity index is 1020. The molecule has 0 aliphatic rings. The highest BCUT2D eigenvalue weighted by Gasteiger charge is 2.14. The van der Waals surface area contributed by atoms with Gasteiger partial charge in [0.15, 0.2) is 11.0 Å². The van der Waals surface area contributed by atoms with Gasteiger partial charge < -0.3 is 4.40 Å². The topological polar surface area (TPSA) is 48.0 Å². The van der Waals surface area contributed by atoms with Gasteiger partial charge in [-0.3, -0.25) is 4.57 Å². The summed E-state index contributed by atoms with van der Waals surface area (Å²) in [7, 11) is 0. The highest BCUT2D eigenvalue weighted by molar-refractivity contribution is 9.10. The molecule has 5 nitrogen and oxygen atoms in total. The van der Waals surface area contributed by atoms with Crippen molar-refractivity contribution in [2.24, 2.45) is 0 Å². The molecule has 0 amide bonds. The summed E-state index contributed by atoms with van der Waals surface area (Å²) < 4.78 is 5.14. The van der Waals surface area contributed by atoms with Crippen LogP contribution in [-0.4, -0.2) is 24.1 Å². The van der Waals surface area contributed by atoms with Crippen molar-refractivity contribution >= 4 is 33.3 Å². The Morgan fingerprint density at radius 1 is 1.12 bits per heavy atom. The molecule has 0 atom stereocenters. The van der Waals surface area contributed by atoms with Gasteiger partial charge in [0, 0.05) is 34.7 Å². The van der Waals surface area contributed by atoms with E-state index in [9.17, 15) is 0 Å². The number of rotatable bonds is 6. The summed E-state index contributed by atoms with van der Waals surface area (Å²) in [6.45, 7) is 4.52. The Morgan fingerprint density at radius 2 is 1.96 bits per heavy atom. The minimum absolute atomic E-state index is 0.659. The molecule has 0 fully saturated rings. The highest BCUT2D eigenvalue weighted by Crippen LogP contribution is 2.27. The van der Waals surface area contributed by atoms with Gasteiger partial charge in [0.25, 0.3) is 0 Å². The fourth-order valence-electron chi connectivity index (χ4n) is 2.70. The standard InChI is InChI=1S/C19H16BrN5S/c1-2-10-25-18(14-6-8-15(20)9-7-14)22-23-19(25)26-13-16-12-24-11-4-3-5-17(24)21-16/h2-9,11-12H,1,10,13H2. The zero-order valence-corrected chi connectivity index (χ0v) is 16.3. The Balaban J connectivity index is 1.59. The maximum absolute atomic E-state index is 4.64. The van der Waals surface area contributed by atoms with Crippen LogP contribution in [0.3, 0.4) is 0 Å². The second kappa shape index (κ2) is 7.47. The van der Waals surface area contributed by atoms with Crippen molar-refractivity contribution in [2.75, 3.05) is 0 Å². The number of pyridine rings is 1. The first-order valence-corrected chi connectivity index (χ1v) is 9.88. The Kier molecular flexibility index (Phi) is 4.90. The molecule has 26 heavy (non-hydrogen) atoms. The number of imidazole rings is 1. The molecule has 130 valence electrons. The zero-order valence-electron chi connectivity index (χ0n) is 13.9. The first-order chi connectivity index (χ1) is 12.7. The van der Waals surface area contributed by atoms with E-state index >= 15 is 0 Å². The quantitative estimate of drug-likeness (QED) is 0.327. The van der Waals surface area contributed by atoms with E-state index in [0.717, 1.165) is 38.1 Å². The van der Waals surface area contributed by atoms with Crippen molar-refractivity contribution in [1.82, 2.24) is 24.1 Å². The van der Waals surface area contributed by atoms with Crippen LogP contribution in [0.15, 0.2) is 77.1 Å². The highest BCUT2D eigenvalue weighted by atomic mass is 79.9. The summed E-state index contributed by atoms with van der Waals surface area (Å²) in [5.74, 6) is 1.58. The molecule has 3 aromatic heterocycles. The van der Waals surface area contributed by atoms with Crippen molar-refractivity contribution in [3.05, 3.63) is 77.7 Å². The van der Waals surface area contributed by atoms with Gasteiger partial charge >= 0.3 is 0 Å². The van der Waals surface area contributed by atoms with Crippen LogP contribution in [0.1, 0.15) is 5.69 Å². The molecule has 4 rings (SSSR count). The third-order valence-electron chi connectivity index (χ3n) is 3.89. The second-order valence-electron chi connectivity index (χ2n) is 5.70. The Labute approximate surface area is 163 Å². The first kappa shape index (κ1) is 17.1. The SMILES string of the molecule is C=CCn1c(SCc2cn3ccccc3n2)nnc1-c1ccc(Br)cc1. The van der Waals surface area contributed by atoms with Crippen molar-refractivity contribution in [2.45, 2.75) is 17.5 Å². The number of hydrogen-bond acceptors (Lipinski definition) is 4. The van der Waals surface area contributed by atoms with Crippen molar-refractivity contribution in [3.63, 3.8) is 0 Å². The normalized spacial score (nSPS) is 11.1. The number of fused-ring (bicyclic) bond motifs is 1. The van der Waals surface area contributed by atoms with Crippen LogP contribution in [0.2, 0.25) is 0 Å². The number of thioether (sulfide) groups is 1. The summed E-state index contributed by atoms with van der Waals surface area (Å²) in [5.41, 5.74) is 2.99. The molecule has 4 aromatic rings. The van der Waals surface area contributed by atoms with Crippen LogP contribution >= 0.6 is 27.7 Å². The molecule has 0 bridgehead atoms. The number of aromatic nitrogens is 5. The number of nitrogens with zero attached hydrogens (tertiary/aromatic N) is 5. The average Bonchev–Trinajstić information content (AvgIpc) is 3.25. The number of benzene rings is 1. The van der Waals surface area contributed by atoms with E-state index in [-0.39, 0.29) is 0 Å². The summed E-state index contributed by atoms with van der Waals surface area (Å²) in [5, 5.41) is 9.64. The lowest BCUT2D eigenvalue weighted by molar-refractivity contribution is 0.731. The fraction of sp³-hybridized carbons (Fsp3) is 0.105. The number of allylic oxidation sites excluding steroid dienone is 1. The molecule has 0 aliphatic heterocycles. The van der Waals surface area contributed by atoms with E-state index in [2.05, 4.69) is 42.3 Å². The van der Waals surface area contributed by atoms with Crippen LogP contribution in [0, 0.1) is 0 Å². The average molecular weight is 426 g/mol. The van der Waals surface area contributed by atoms with Crippen molar-refractivity contribution in [3.8, 4) is 11.4 Å². The van der Waals surface area contributed by atoms with Crippen LogP contribution < -0.4 is 0 Å². The molecule has 0 unspecified atom stereocenters. The summed E-state index contributed by atoms with van der Waals surface area (Å²) in [6, 6.07) is 14.1. The molecule has 0 radical (unpaired) electrons. The van der Waals surface area contributed by atoms with E-state index in [1.165, 1.54) is 0 Å². The van der Waals surface area contributed by atoms with Gasteiger partial charge in [-0.15, -0.1) is 16.8 Å². The lowest BCUT2D eigenvalue weighted by Crippen LogP contribution is -2.00. The molecule has 0 aliphatic carbocycles. The largest absolute Gasteiger partial charge is 0.307 e. The molecule has 0 saturated heterocycles. The predicted octanol–water partition coefficient (Wildman–Crippen LogP) is 4.83. The molecular weight excluding hydrogens is 410 g/mol. The van der Waals surface area contributed by atoms with Crippen LogP contribution in [0.25, 0.3) is 17.0 Å². The predicted molar refractivity (Wildman–Crippen MR) is 108 cm³/mol. The maximum atomic E-state index is 4.64. The Hall–Kier alpha value is -2.38. The van der Waals surface area contributed by atoms with Crippen LogP contribution in [0.5, 0.6) is 0 Å². The van der Waals surface area contributed by atoms with E-state index in [0.29, 0.717) is 6.54 Å². The minimum Gasteiger partial charge on any atom is -0.307 e. The molecule has 0 spiro atoms. The third-order valence-corrected chi connectivity index (χ3v) is 5.42. The zero-order chi connectivity index (χ0) is 17.9. The second-order valence-corrected chi connectivity index (χ2v) is 7.56. The van der Waals surface area contributed by atoms with Crippen molar-refractivity contribution < 1.29 is 0 Å². The fourth-order valence-corrected chi connectivity index (χ4v) is 3.79. The van der Waals surface area contributed by atoms with Gasteiger partial charge in [-0.05, 0) is 24.3 Å². The van der Waals surface area contributed by atoms with Crippen molar-refractivity contribution in [1.29, 1.82) is 0 Å². The lowest BCUT2D eigenvalue weighted by atomic mass is 10.2. The number of halogens is 1. The first-order valence-electron chi connectivity index (χ1n) is 8.10. The Morgan fingerprint density at radius 3 is 2.73 bits per heavy atom. The lowest BCUT2D eigenvalue weighted by Gasteiger charge is -2.07. The van der Waals surface area contributed by atoms with Gasteiger partial charge in [0.2, 0.25) is 0 Å². The minimum atomic E-state index is 0.659. The van der Waals surface area contributed by atoms with Gasteiger partial charge in [0.05, 0.1) is 5.69 Å². The van der Waals surface area contributed by atoms with E-state index < -0.39 is 0 Å². The molecule has 1 aromatic carbocycles. The van der Waals surface area contributed by atoms with Gasteiger partial charge in [-0.25, -0.2) is 4.98 Å². The number of hydrogen-bond donors (Lipinski definition) is 0. The van der Waals surface area contributed by atoms with Gasteiger partial charge in [-0.2, -0.15) is 0 Å². The summed E-state index contributed by atoms with van der Waals surface area (Å²) in [4.78, 5) is 4.64. The monoisotopic (exact) mass is 425 g/mol. The smallest absolute Gasteiger partial charge is 0.192 e. The van der Waals surface area contributed by atoms with Crippen LogP contribution in [-0.2, 0) is 12.3 Å². The maximum Gasteiger partial charge on any atom is 0.192 e. The van der Waals surface area contributed by atoms with E-state index in [4.69, 9.17) is 0 Å². The van der Waals surface area contributed by atoms with Gasteiger partial charge in [-0.1, -0.05) is 52.0 Å². The molecule has 0 N–H and O–H groups in total. The van der Waals surface area contributed by atoms with E-state index in [1.54, 1.807) is 11.8 Å². The molecule has 7 heteroatoms. The van der Waals surface area contributed by atoms with Crippen LogP contribution in [0.4, 0.5) is 0 Å². The molecular formula is C19H16BrN5S.